The number of hydrogen-bond donors (Lipinski definition) is 8. The first-order valence-electron chi connectivity index (χ1n) is 14.9. The molecule has 0 aliphatic carbocycles. The molecule has 46 heavy (non-hydrogen) atoms. The molecule has 0 aromatic heterocycles. The summed E-state index contributed by atoms with van der Waals surface area (Å²) >= 11 is 0. The van der Waals surface area contributed by atoms with Gasteiger partial charge in [0.25, 0.3) is 0 Å². The first kappa shape index (κ1) is 39.1. The van der Waals surface area contributed by atoms with Crippen molar-refractivity contribution in [3.63, 3.8) is 0 Å². The second-order valence-electron chi connectivity index (χ2n) is 12.0. The Bertz CT molecular complexity index is 1210. The number of nitrogens with one attached hydrogen (secondary N) is 5. The van der Waals surface area contributed by atoms with E-state index in [1.54, 1.807) is 51.1 Å². The molecule has 10 N–H and O–H groups in total. The van der Waals surface area contributed by atoms with Gasteiger partial charge in [-0.15, -0.1) is 0 Å². The fraction of sp³-hybridized carbons (Fsp3) is 0.567. The van der Waals surface area contributed by atoms with Crippen molar-refractivity contribution >= 4 is 41.7 Å². The topological polar surface area (TPSA) is 256 Å². The highest BCUT2D eigenvalue weighted by atomic mass is 16.6. The highest BCUT2D eigenvalue weighted by Crippen LogP contribution is 2.10. The minimum Gasteiger partial charge on any atom is -0.480 e. The second kappa shape index (κ2) is 19.5. The van der Waals surface area contributed by atoms with E-state index in [9.17, 15) is 33.9 Å². The summed E-state index contributed by atoms with van der Waals surface area (Å²) in [5.41, 5.74) is 10.5. The molecule has 0 bridgehead atoms. The zero-order chi connectivity index (χ0) is 34.9. The summed E-state index contributed by atoms with van der Waals surface area (Å²) in [6, 6.07) is 5.32. The van der Waals surface area contributed by atoms with Gasteiger partial charge < -0.3 is 47.9 Å². The molecule has 16 heteroatoms. The predicted octanol–water partition coefficient (Wildman–Crippen LogP) is -0.491. The van der Waals surface area contributed by atoms with Crippen LogP contribution in [-0.2, 0) is 35.1 Å². The summed E-state index contributed by atoms with van der Waals surface area (Å²) in [6.07, 6.45) is -0.219. The number of rotatable bonds is 18. The molecule has 0 heterocycles. The van der Waals surface area contributed by atoms with E-state index in [1.807, 2.05) is 13.8 Å². The third-order valence-corrected chi connectivity index (χ3v) is 6.07. The SMILES string of the molecule is CC(C)CC(NC(=O)C(Cc1ccccc1)NC(=O)CNC(=O)CNC(=O)OC(C)(C)C)C(=O)NC(CCCN=C(N)N)C(=O)O. The normalized spacial score (nSPS) is 12.9. The number of aliphatic carboxylic acids is 1. The van der Waals surface area contributed by atoms with E-state index in [-0.39, 0.29) is 44.1 Å². The molecule has 0 spiro atoms. The van der Waals surface area contributed by atoms with E-state index < -0.39 is 72.5 Å². The maximum Gasteiger partial charge on any atom is 0.408 e. The Kier molecular flexibility index (Phi) is 16.6. The maximum absolute atomic E-state index is 13.5. The quantitative estimate of drug-likeness (QED) is 0.0575. The van der Waals surface area contributed by atoms with Gasteiger partial charge in [-0.1, -0.05) is 44.2 Å². The third-order valence-electron chi connectivity index (χ3n) is 6.07. The third kappa shape index (κ3) is 17.4. The van der Waals surface area contributed by atoms with Gasteiger partial charge in [-0.3, -0.25) is 24.2 Å². The molecule has 1 aromatic carbocycles. The lowest BCUT2D eigenvalue weighted by Gasteiger charge is -2.25. The van der Waals surface area contributed by atoms with Gasteiger partial charge in [-0.05, 0) is 51.5 Å². The number of hydrogen-bond acceptors (Lipinski definition) is 8. The van der Waals surface area contributed by atoms with E-state index in [0.717, 1.165) is 0 Å². The lowest BCUT2D eigenvalue weighted by molar-refractivity contribution is -0.142. The molecule has 16 nitrogen and oxygen atoms in total. The van der Waals surface area contributed by atoms with Crippen molar-refractivity contribution < 1.29 is 38.6 Å². The lowest BCUT2D eigenvalue weighted by atomic mass is 10.0. The Labute approximate surface area is 268 Å². The van der Waals surface area contributed by atoms with Crippen LogP contribution in [0.2, 0.25) is 0 Å². The van der Waals surface area contributed by atoms with Crippen LogP contribution < -0.4 is 38.1 Å². The van der Waals surface area contributed by atoms with Crippen molar-refractivity contribution in [2.45, 2.75) is 84.0 Å². The number of nitrogens with two attached hydrogens (primary N) is 2. The molecule has 3 unspecified atom stereocenters. The van der Waals surface area contributed by atoms with Crippen LogP contribution in [0.15, 0.2) is 35.3 Å². The van der Waals surface area contributed by atoms with Gasteiger partial charge in [0.15, 0.2) is 5.96 Å². The van der Waals surface area contributed by atoms with Gasteiger partial charge in [-0.25, -0.2) is 9.59 Å². The molecular weight excluding hydrogens is 600 g/mol. The number of aliphatic imine (C=N–C) groups is 1. The summed E-state index contributed by atoms with van der Waals surface area (Å²) in [5, 5.41) is 22.0. The Hall–Kier alpha value is -4.89. The average Bonchev–Trinajstić information content (AvgIpc) is 2.94. The highest BCUT2D eigenvalue weighted by Gasteiger charge is 2.30. The molecule has 0 radical (unpaired) electrons. The Balaban J connectivity index is 2.95. The van der Waals surface area contributed by atoms with Crippen LogP contribution in [0.4, 0.5) is 4.79 Å². The summed E-state index contributed by atoms with van der Waals surface area (Å²) in [6.45, 7) is 7.92. The van der Waals surface area contributed by atoms with Gasteiger partial charge in [-0.2, -0.15) is 0 Å². The zero-order valence-electron chi connectivity index (χ0n) is 27.1. The summed E-state index contributed by atoms with van der Waals surface area (Å²) in [5.74, 6) is -4.20. The van der Waals surface area contributed by atoms with Crippen molar-refractivity contribution in [1.29, 1.82) is 0 Å². The fourth-order valence-electron chi connectivity index (χ4n) is 4.02. The molecule has 3 atom stereocenters. The first-order chi connectivity index (χ1) is 21.5. The number of carboxylic acids is 1. The minimum absolute atomic E-state index is 0.0475. The fourth-order valence-corrected chi connectivity index (χ4v) is 4.02. The van der Waals surface area contributed by atoms with Gasteiger partial charge in [0, 0.05) is 13.0 Å². The van der Waals surface area contributed by atoms with Crippen LogP contribution >= 0.6 is 0 Å². The molecule has 1 aromatic rings. The van der Waals surface area contributed by atoms with E-state index in [0.29, 0.717) is 5.56 Å². The maximum atomic E-state index is 13.5. The number of carboxylic acid groups (broad SMARTS) is 1. The van der Waals surface area contributed by atoms with Crippen LogP contribution in [0.25, 0.3) is 0 Å². The van der Waals surface area contributed by atoms with Gasteiger partial charge in [0.05, 0.1) is 6.54 Å². The number of amides is 5. The molecule has 0 fully saturated rings. The largest absolute Gasteiger partial charge is 0.480 e. The van der Waals surface area contributed by atoms with Crippen LogP contribution in [0.3, 0.4) is 0 Å². The number of guanidine groups is 1. The van der Waals surface area contributed by atoms with E-state index in [2.05, 4.69) is 31.6 Å². The summed E-state index contributed by atoms with van der Waals surface area (Å²) in [4.78, 5) is 79.0. The highest BCUT2D eigenvalue weighted by molar-refractivity contribution is 5.94. The standard InChI is InChI=1S/C30H48N8O8/c1-18(2)14-21(25(41)37-20(27(43)44)12-9-13-33-28(31)32)38-26(42)22(15-19-10-7-6-8-11-19)36-24(40)17-34-23(39)16-35-29(45)46-30(3,4)5/h6-8,10-11,18,20-22H,9,12-17H2,1-5H3,(H,34,39)(H,35,45)(H,36,40)(H,37,41)(H,38,42)(H,43,44)(H4,31,32,33). The average molecular weight is 649 g/mol. The minimum atomic E-state index is -1.26. The van der Waals surface area contributed by atoms with Crippen molar-refractivity contribution in [1.82, 2.24) is 26.6 Å². The van der Waals surface area contributed by atoms with Gasteiger partial charge >= 0.3 is 12.1 Å². The molecule has 256 valence electrons. The van der Waals surface area contributed by atoms with Gasteiger partial charge in [0.1, 0.15) is 30.3 Å². The summed E-state index contributed by atoms with van der Waals surface area (Å²) in [7, 11) is 0. The molecule has 0 saturated carbocycles. The zero-order valence-corrected chi connectivity index (χ0v) is 27.1. The molecule has 1 rings (SSSR count). The van der Waals surface area contributed by atoms with E-state index >= 15 is 0 Å². The van der Waals surface area contributed by atoms with Crippen molar-refractivity contribution in [2.75, 3.05) is 19.6 Å². The number of nitrogens with zero attached hydrogens (tertiary/aromatic N) is 1. The number of carbonyl (C=O) groups excluding carboxylic acids is 5. The number of carbonyl (C=O) groups is 6. The molecule has 0 aliphatic heterocycles. The molecule has 0 saturated heterocycles. The van der Waals surface area contributed by atoms with Crippen molar-refractivity contribution in [3.8, 4) is 0 Å². The van der Waals surface area contributed by atoms with Crippen molar-refractivity contribution in [3.05, 3.63) is 35.9 Å². The van der Waals surface area contributed by atoms with E-state index in [4.69, 9.17) is 16.2 Å². The second-order valence-corrected chi connectivity index (χ2v) is 12.0. The Morgan fingerprint density at radius 1 is 0.848 bits per heavy atom. The van der Waals surface area contributed by atoms with Crippen LogP contribution in [0.5, 0.6) is 0 Å². The van der Waals surface area contributed by atoms with Crippen LogP contribution in [-0.4, -0.2) is 90.1 Å². The smallest absolute Gasteiger partial charge is 0.408 e. The van der Waals surface area contributed by atoms with E-state index in [1.165, 1.54) is 0 Å². The monoisotopic (exact) mass is 648 g/mol. The number of alkyl carbamates (subject to hydrolysis) is 1. The molecular formula is C30H48N8O8. The van der Waals surface area contributed by atoms with Crippen molar-refractivity contribution in [2.24, 2.45) is 22.4 Å². The Morgan fingerprint density at radius 3 is 2.00 bits per heavy atom. The lowest BCUT2D eigenvalue weighted by Crippen LogP contribution is -2.57. The van der Waals surface area contributed by atoms with Gasteiger partial charge in [0.2, 0.25) is 23.6 Å². The van der Waals surface area contributed by atoms with Crippen LogP contribution in [0, 0.1) is 5.92 Å². The number of ether oxygens (including phenoxy) is 1. The number of benzene rings is 1. The predicted molar refractivity (Wildman–Crippen MR) is 170 cm³/mol. The molecule has 0 aliphatic rings. The summed E-state index contributed by atoms with van der Waals surface area (Å²) < 4.78 is 5.06. The Morgan fingerprint density at radius 2 is 1.43 bits per heavy atom. The molecule has 5 amide bonds. The van der Waals surface area contributed by atoms with Crippen LogP contribution in [0.1, 0.15) is 59.4 Å². The first-order valence-corrected chi connectivity index (χ1v) is 14.9.